The number of benzene rings is 1. The van der Waals surface area contributed by atoms with Gasteiger partial charge < -0.3 is 25.0 Å². The number of aryl methyl sites for hydroxylation is 1. The molecule has 196 valence electrons. The van der Waals surface area contributed by atoms with Crippen LogP contribution >= 0.6 is 0 Å². The second-order valence-corrected chi connectivity index (χ2v) is 9.90. The first kappa shape index (κ1) is 25.1. The molecule has 0 spiro atoms. The highest BCUT2D eigenvalue weighted by Gasteiger charge is 2.34. The van der Waals surface area contributed by atoms with Crippen LogP contribution in [-0.2, 0) is 4.79 Å². The monoisotopic (exact) mass is 513 g/mol. The van der Waals surface area contributed by atoms with E-state index in [0.717, 1.165) is 12.8 Å². The molecule has 2 aromatic heterocycles. The van der Waals surface area contributed by atoms with Crippen LogP contribution in [0.1, 0.15) is 47.8 Å². The van der Waals surface area contributed by atoms with Crippen LogP contribution in [0.15, 0.2) is 24.5 Å². The Bertz CT molecular complexity index is 1340. The Hall–Kier alpha value is -3.60. The zero-order valence-corrected chi connectivity index (χ0v) is 20.6. The number of fused-ring (bicyclic) bond motifs is 1. The van der Waals surface area contributed by atoms with Crippen molar-refractivity contribution in [2.45, 2.75) is 39.2 Å². The zero-order valence-electron chi connectivity index (χ0n) is 20.6. The molecule has 1 aliphatic heterocycles. The van der Waals surface area contributed by atoms with Crippen molar-refractivity contribution < 1.29 is 28.2 Å². The van der Waals surface area contributed by atoms with Crippen LogP contribution in [-0.4, -0.2) is 69.1 Å². The summed E-state index contributed by atoms with van der Waals surface area (Å²) in [6, 6.07) is 3.97. The van der Waals surface area contributed by atoms with Gasteiger partial charge in [-0.1, -0.05) is 6.92 Å². The van der Waals surface area contributed by atoms with Gasteiger partial charge in [-0.25, -0.2) is 18.7 Å². The Morgan fingerprint density at radius 1 is 1.27 bits per heavy atom. The van der Waals surface area contributed by atoms with Gasteiger partial charge in [-0.3, -0.25) is 9.59 Å². The molecule has 3 aromatic rings. The lowest BCUT2D eigenvalue weighted by Crippen LogP contribution is -2.41. The van der Waals surface area contributed by atoms with E-state index in [1.165, 1.54) is 29.4 Å². The smallest absolute Gasteiger partial charge is 0.263 e. The van der Waals surface area contributed by atoms with Gasteiger partial charge in [0.2, 0.25) is 5.91 Å². The first-order valence-electron chi connectivity index (χ1n) is 12.3. The van der Waals surface area contributed by atoms with E-state index in [0.29, 0.717) is 64.9 Å². The van der Waals surface area contributed by atoms with Crippen LogP contribution in [0.25, 0.3) is 22.3 Å². The summed E-state index contributed by atoms with van der Waals surface area (Å²) in [5, 5.41) is 12.1. The molecule has 9 nitrogen and oxygen atoms in total. The van der Waals surface area contributed by atoms with E-state index in [1.807, 2.05) is 6.92 Å². The molecule has 5 rings (SSSR count). The molecular formula is C26H29F2N5O4. The summed E-state index contributed by atoms with van der Waals surface area (Å²) in [5.41, 5.74) is 2.31. The summed E-state index contributed by atoms with van der Waals surface area (Å²) in [4.78, 5) is 38.7. The third-order valence-electron chi connectivity index (χ3n) is 7.10. The fourth-order valence-electron chi connectivity index (χ4n) is 4.79. The van der Waals surface area contributed by atoms with Crippen molar-refractivity contribution in [3.8, 4) is 17.0 Å². The average Bonchev–Trinajstić information content (AvgIpc) is 3.55. The fourth-order valence-corrected chi connectivity index (χ4v) is 4.79. The van der Waals surface area contributed by atoms with E-state index in [4.69, 9.17) is 9.84 Å². The molecule has 11 heteroatoms. The van der Waals surface area contributed by atoms with Crippen molar-refractivity contribution in [2.24, 2.45) is 11.8 Å². The first-order chi connectivity index (χ1) is 17.8. The van der Waals surface area contributed by atoms with Crippen LogP contribution < -0.4 is 10.1 Å². The normalized spacial score (nSPS) is 19.6. The minimum Gasteiger partial charge on any atom is -0.493 e. The average molecular weight is 514 g/mol. The SMILES string of the molecule is Cc1[nH]c2c(-c3cc(C(F)F)ccc3OCC3CC3)ncnc2c1C(=O)N[C@@H]1CN(C(=O)CO)C[C@H]1C. The number of aliphatic hydroxyl groups is 1. The number of aromatic amines is 1. The lowest BCUT2D eigenvalue weighted by atomic mass is 10.0. The fraction of sp³-hybridized carbons (Fsp3) is 0.462. The van der Waals surface area contributed by atoms with Gasteiger partial charge in [0, 0.05) is 29.9 Å². The summed E-state index contributed by atoms with van der Waals surface area (Å²) in [6.07, 6.45) is 0.816. The van der Waals surface area contributed by atoms with Gasteiger partial charge in [-0.05, 0) is 49.8 Å². The number of carbonyl (C=O) groups excluding carboxylic acids is 2. The molecule has 3 N–H and O–H groups in total. The van der Waals surface area contributed by atoms with Crippen LogP contribution in [0.5, 0.6) is 5.75 Å². The van der Waals surface area contributed by atoms with Gasteiger partial charge in [0.1, 0.15) is 29.9 Å². The zero-order chi connectivity index (χ0) is 26.3. The number of amides is 2. The van der Waals surface area contributed by atoms with Gasteiger partial charge in [-0.15, -0.1) is 0 Å². The molecule has 1 aliphatic carbocycles. The summed E-state index contributed by atoms with van der Waals surface area (Å²) < 4.78 is 33.1. The summed E-state index contributed by atoms with van der Waals surface area (Å²) >= 11 is 0. The maximum Gasteiger partial charge on any atom is 0.263 e. The number of H-pyrrole nitrogens is 1. The van der Waals surface area contributed by atoms with Gasteiger partial charge in [0.15, 0.2) is 0 Å². The molecule has 2 amide bonds. The van der Waals surface area contributed by atoms with Gasteiger partial charge in [0.25, 0.3) is 12.3 Å². The number of alkyl halides is 2. The number of aliphatic hydroxyl groups excluding tert-OH is 1. The number of halogens is 2. The van der Waals surface area contributed by atoms with Gasteiger partial charge >= 0.3 is 0 Å². The highest BCUT2D eigenvalue weighted by atomic mass is 19.3. The molecule has 1 saturated heterocycles. The van der Waals surface area contributed by atoms with Crippen molar-refractivity contribution in [1.29, 1.82) is 0 Å². The van der Waals surface area contributed by atoms with Crippen molar-refractivity contribution in [3.63, 3.8) is 0 Å². The van der Waals surface area contributed by atoms with Crippen LogP contribution in [0.2, 0.25) is 0 Å². The van der Waals surface area contributed by atoms with E-state index in [1.54, 1.807) is 6.92 Å². The highest BCUT2D eigenvalue weighted by molar-refractivity contribution is 6.09. The predicted octanol–water partition coefficient (Wildman–Crippen LogP) is 3.23. The van der Waals surface area contributed by atoms with E-state index >= 15 is 0 Å². The number of rotatable bonds is 8. The van der Waals surface area contributed by atoms with E-state index < -0.39 is 13.0 Å². The van der Waals surface area contributed by atoms with Gasteiger partial charge in [-0.2, -0.15) is 0 Å². The summed E-state index contributed by atoms with van der Waals surface area (Å²) in [7, 11) is 0. The van der Waals surface area contributed by atoms with E-state index in [9.17, 15) is 18.4 Å². The molecule has 0 radical (unpaired) electrons. The molecule has 1 saturated carbocycles. The molecule has 1 aromatic carbocycles. The molecule has 2 fully saturated rings. The molecule has 3 heterocycles. The Morgan fingerprint density at radius 2 is 2.05 bits per heavy atom. The van der Waals surface area contributed by atoms with Crippen LogP contribution in [0.3, 0.4) is 0 Å². The Labute approximate surface area is 212 Å². The first-order valence-corrected chi connectivity index (χ1v) is 12.3. The van der Waals surface area contributed by atoms with Crippen molar-refractivity contribution in [1.82, 2.24) is 25.2 Å². The van der Waals surface area contributed by atoms with Crippen LogP contribution in [0.4, 0.5) is 8.78 Å². The Kier molecular flexibility index (Phi) is 6.80. The predicted molar refractivity (Wildman–Crippen MR) is 131 cm³/mol. The lowest BCUT2D eigenvalue weighted by molar-refractivity contribution is -0.133. The number of hydrogen-bond acceptors (Lipinski definition) is 6. The number of ether oxygens (including phenoxy) is 1. The van der Waals surface area contributed by atoms with E-state index in [-0.39, 0.29) is 29.3 Å². The maximum atomic E-state index is 13.6. The second kappa shape index (κ2) is 10.0. The number of aromatic nitrogens is 3. The minimum absolute atomic E-state index is 0.00147. The topological polar surface area (TPSA) is 120 Å². The molecule has 0 unspecified atom stereocenters. The molecule has 2 aliphatic rings. The number of likely N-dealkylation sites (tertiary alicyclic amines) is 1. The molecule has 37 heavy (non-hydrogen) atoms. The summed E-state index contributed by atoms with van der Waals surface area (Å²) in [5.74, 6) is 0.170. The number of nitrogens with zero attached hydrogens (tertiary/aromatic N) is 3. The third-order valence-corrected chi connectivity index (χ3v) is 7.10. The van der Waals surface area contributed by atoms with Crippen LogP contribution in [0, 0.1) is 18.8 Å². The summed E-state index contributed by atoms with van der Waals surface area (Å²) in [6.45, 7) is 4.33. The Balaban J connectivity index is 1.48. The minimum atomic E-state index is -2.66. The second-order valence-electron chi connectivity index (χ2n) is 9.90. The third kappa shape index (κ3) is 5.00. The molecule has 0 bridgehead atoms. The number of hydrogen-bond donors (Lipinski definition) is 3. The van der Waals surface area contributed by atoms with Gasteiger partial charge in [0.05, 0.1) is 23.7 Å². The lowest BCUT2D eigenvalue weighted by Gasteiger charge is -2.17. The van der Waals surface area contributed by atoms with Crippen molar-refractivity contribution >= 4 is 22.8 Å². The maximum absolute atomic E-state index is 13.6. The highest BCUT2D eigenvalue weighted by Crippen LogP contribution is 2.38. The Morgan fingerprint density at radius 3 is 2.76 bits per heavy atom. The molecular weight excluding hydrogens is 484 g/mol. The van der Waals surface area contributed by atoms with E-state index in [2.05, 4.69) is 20.3 Å². The number of nitrogens with one attached hydrogen (secondary N) is 2. The quantitative estimate of drug-likeness (QED) is 0.425. The number of carbonyl (C=O) groups is 2. The van der Waals surface area contributed by atoms with Crippen molar-refractivity contribution in [2.75, 3.05) is 26.3 Å². The van der Waals surface area contributed by atoms with Crippen molar-refractivity contribution in [3.05, 3.63) is 41.3 Å². The molecule has 2 atom stereocenters. The largest absolute Gasteiger partial charge is 0.493 e. The standard InChI is InChI=1S/C26H29F2N5O4/c1-13-8-33(20(35)10-34)9-18(13)32-26(36)21-14(2)31-24-22(29-12-30-23(21)24)17-7-16(25(27)28)5-6-19(17)37-11-15-3-4-15/h5-7,12-13,15,18,25,31,34H,3-4,8-11H2,1-2H3,(H,32,36)/t13-,18-/m1/s1.